The van der Waals surface area contributed by atoms with E-state index in [0.29, 0.717) is 20.8 Å². The second-order valence-electron chi connectivity index (χ2n) is 5.68. The molecule has 0 N–H and O–H groups in total. The van der Waals surface area contributed by atoms with Crippen molar-refractivity contribution in [3.63, 3.8) is 0 Å². The molecular formula is C17H13Cl3N2S2. The Bertz CT molecular complexity index is 924. The molecule has 2 heterocycles. The molecule has 3 aromatic rings. The van der Waals surface area contributed by atoms with Gasteiger partial charge in [-0.15, -0.1) is 23.1 Å². The van der Waals surface area contributed by atoms with E-state index in [2.05, 4.69) is 9.97 Å². The van der Waals surface area contributed by atoms with E-state index in [0.717, 1.165) is 28.3 Å². The third-order valence-corrected chi connectivity index (χ3v) is 7.62. The van der Waals surface area contributed by atoms with Crippen LogP contribution in [0, 0.1) is 0 Å². The van der Waals surface area contributed by atoms with Crippen molar-refractivity contribution in [2.45, 2.75) is 36.5 Å². The van der Waals surface area contributed by atoms with Gasteiger partial charge in [0.25, 0.3) is 0 Å². The van der Waals surface area contributed by atoms with Crippen LogP contribution in [-0.2, 0) is 18.6 Å². The highest BCUT2D eigenvalue weighted by atomic mass is 35.5. The normalized spacial score (nSPS) is 14.1. The fourth-order valence-electron chi connectivity index (χ4n) is 3.01. The van der Waals surface area contributed by atoms with E-state index in [1.54, 1.807) is 41.6 Å². The zero-order chi connectivity index (χ0) is 16.7. The van der Waals surface area contributed by atoms with Crippen molar-refractivity contribution in [1.82, 2.24) is 9.97 Å². The first kappa shape index (κ1) is 16.9. The molecule has 1 aliphatic carbocycles. The Kier molecular flexibility index (Phi) is 4.94. The van der Waals surface area contributed by atoms with Gasteiger partial charge in [0, 0.05) is 26.6 Å². The van der Waals surface area contributed by atoms with Gasteiger partial charge < -0.3 is 0 Å². The molecule has 1 aliphatic rings. The third kappa shape index (κ3) is 3.04. The Hall–Kier alpha value is -0.520. The number of thioether (sulfide) groups is 1. The van der Waals surface area contributed by atoms with E-state index in [4.69, 9.17) is 34.8 Å². The Morgan fingerprint density at radius 2 is 1.83 bits per heavy atom. The fourth-order valence-corrected chi connectivity index (χ4v) is 6.21. The van der Waals surface area contributed by atoms with Crippen LogP contribution in [0.1, 0.15) is 28.8 Å². The monoisotopic (exact) mass is 414 g/mol. The van der Waals surface area contributed by atoms with Gasteiger partial charge in [0.15, 0.2) is 0 Å². The zero-order valence-corrected chi connectivity index (χ0v) is 16.5. The highest BCUT2D eigenvalue weighted by Gasteiger charge is 2.20. The SMILES string of the molecule is Clc1ccc(Cl)c(CSc2ncnc3sc4c(c23)CCCC4)c1Cl. The molecule has 1 aromatic carbocycles. The van der Waals surface area contributed by atoms with Gasteiger partial charge in [0.2, 0.25) is 0 Å². The summed E-state index contributed by atoms with van der Waals surface area (Å²) in [6.45, 7) is 0. The average Bonchev–Trinajstić information content (AvgIpc) is 2.97. The highest BCUT2D eigenvalue weighted by molar-refractivity contribution is 7.98. The lowest BCUT2D eigenvalue weighted by Gasteiger charge is -2.12. The van der Waals surface area contributed by atoms with Gasteiger partial charge in [-0.05, 0) is 43.4 Å². The number of rotatable bonds is 3. The van der Waals surface area contributed by atoms with Crippen LogP contribution in [0.3, 0.4) is 0 Å². The number of hydrogen-bond donors (Lipinski definition) is 0. The van der Waals surface area contributed by atoms with Crippen molar-refractivity contribution >= 4 is 68.1 Å². The lowest BCUT2D eigenvalue weighted by Crippen LogP contribution is -1.99. The molecule has 0 spiro atoms. The number of benzene rings is 1. The minimum atomic E-state index is 0.523. The molecular weight excluding hydrogens is 403 g/mol. The van der Waals surface area contributed by atoms with Crippen LogP contribution < -0.4 is 0 Å². The minimum Gasteiger partial charge on any atom is -0.229 e. The van der Waals surface area contributed by atoms with E-state index < -0.39 is 0 Å². The van der Waals surface area contributed by atoms with Crippen LogP contribution in [0.25, 0.3) is 10.2 Å². The number of aryl methyl sites for hydroxylation is 2. The van der Waals surface area contributed by atoms with Crippen molar-refractivity contribution in [2.24, 2.45) is 0 Å². The first-order valence-electron chi connectivity index (χ1n) is 7.65. The summed E-state index contributed by atoms with van der Waals surface area (Å²) in [6.07, 6.45) is 6.43. The van der Waals surface area contributed by atoms with Crippen LogP contribution in [0.5, 0.6) is 0 Å². The lowest BCUT2D eigenvalue weighted by atomic mass is 9.97. The summed E-state index contributed by atoms with van der Waals surface area (Å²) in [5, 5.41) is 3.91. The summed E-state index contributed by atoms with van der Waals surface area (Å²) in [5.74, 6) is 0.634. The smallest absolute Gasteiger partial charge is 0.128 e. The Morgan fingerprint density at radius 3 is 2.71 bits per heavy atom. The molecule has 0 saturated carbocycles. The fraction of sp³-hybridized carbons (Fsp3) is 0.294. The second kappa shape index (κ2) is 7.00. The van der Waals surface area contributed by atoms with Crippen LogP contribution in [-0.4, -0.2) is 9.97 Å². The van der Waals surface area contributed by atoms with Crippen molar-refractivity contribution in [1.29, 1.82) is 0 Å². The maximum atomic E-state index is 6.32. The van der Waals surface area contributed by atoms with E-state index in [1.165, 1.54) is 28.7 Å². The van der Waals surface area contributed by atoms with E-state index in [-0.39, 0.29) is 0 Å². The Morgan fingerprint density at radius 1 is 1.04 bits per heavy atom. The summed E-state index contributed by atoms with van der Waals surface area (Å²) in [6, 6.07) is 3.51. The molecule has 0 atom stereocenters. The second-order valence-corrected chi connectivity index (χ2v) is 8.92. The van der Waals surface area contributed by atoms with Gasteiger partial charge in [-0.3, -0.25) is 0 Å². The molecule has 0 aliphatic heterocycles. The number of thiophene rings is 1. The topological polar surface area (TPSA) is 25.8 Å². The van der Waals surface area contributed by atoms with Crippen molar-refractivity contribution in [3.05, 3.63) is 49.5 Å². The highest BCUT2D eigenvalue weighted by Crippen LogP contribution is 2.41. The van der Waals surface area contributed by atoms with Crippen molar-refractivity contribution in [2.75, 3.05) is 0 Å². The summed E-state index contributed by atoms with van der Waals surface area (Å²) < 4.78 is 0. The number of nitrogens with zero attached hydrogens (tertiary/aromatic N) is 2. The van der Waals surface area contributed by atoms with Crippen LogP contribution in [0.2, 0.25) is 15.1 Å². The van der Waals surface area contributed by atoms with E-state index in [1.807, 2.05) is 0 Å². The third-order valence-electron chi connectivity index (χ3n) is 4.21. The van der Waals surface area contributed by atoms with Gasteiger partial charge in [0.05, 0.1) is 10.0 Å². The molecule has 4 rings (SSSR count). The number of halogens is 3. The molecule has 0 saturated heterocycles. The summed E-state index contributed by atoms with van der Waals surface area (Å²) in [7, 11) is 0. The molecule has 2 nitrogen and oxygen atoms in total. The van der Waals surface area contributed by atoms with Crippen molar-refractivity contribution < 1.29 is 0 Å². The van der Waals surface area contributed by atoms with Crippen LogP contribution in [0.4, 0.5) is 0 Å². The largest absolute Gasteiger partial charge is 0.229 e. The molecule has 124 valence electrons. The summed E-state index contributed by atoms with van der Waals surface area (Å²) in [5.41, 5.74) is 2.29. The molecule has 7 heteroatoms. The Labute approximate surface area is 163 Å². The maximum Gasteiger partial charge on any atom is 0.128 e. The lowest BCUT2D eigenvalue weighted by molar-refractivity contribution is 0.699. The van der Waals surface area contributed by atoms with Gasteiger partial charge >= 0.3 is 0 Å². The molecule has 0 fully saturated rings. The molecule has 0 radical (unpaired) electrons. The number of aromatic nitrogens is 2. The molecule has 0 unspecified atom stereocenters. The summed E-state index contributed by atoms with van der Waals surface area (Å²) in [4.78, 5) is 11.6. The molecule has 0 amide bonds. The predicted molar refractivity (Wildman–Crippen MR) is 105 cm³/mol. The summed E-state index contributed by atoms with van der Waals surface area (Å²) >= 11 is 22.2. The molecule has 2 aromatic heterocycles. The first-order valence-corrected chi connectivity index (χ1v) is 10.6. The number of fused-ring (bicyclic) bond motifs is 3. The average molecular weight is 416 g/mol. The van der Waals surface area contributed by atoms with Gasteiger partial charge in [-0.2, -0.15) is 0 Å². The van der Waals surface area contributed by atoms with E-state index in [9.17, 15) is 0 Å². The molecule has 24 heavy (non-hydrogen) atoms. The Balaban J connectivity index is 1.71. The molecule has 0 bridgehead atoms. The maximum absolute atomic E-state index is 6.32. The van der Waals surface area contributed by atoms with Gasteiger partial charge in [0.1, 0.15) is 16.2 Å². The standard InChI is InChI=1S/C17H13Cl3N2S2/c18-11-5-6-12(19)15(20)10(11)7-23-16-14-9-3-1-2-4-13(9)24-17(14)22-8-21-16/h5-6,8H,1-4,7H2. The van der Waals surface area contributed by atoms with Gasteiger partial charge in [-0.25, -0.2) is 9.97 Å². The minimum absolute atomic E-state index is 0.523. The quantitative estimate of drug-likeness (QED) is 0.266. The number of hydrogen-bond acceptors (Lipinski definition) is 4. The zero-order valence-electron chi connectivity index (χ0n) is 12.6. The first-order chi connectivity index (χ1) is 11.6. The van der Waals surface area contributed by atoms with Crippen LogP contribution >= 0.6 is 57.9 Å². The van der Waals surface area contributed by atoms with Gasteiger partial charge in [-0.1, -0.05) is 34.8 Å². The van der Waals surface area contributed by atoms with E-state index >= 15 is 0 Å². The predicted octanol–water partition coefficient (Wildman–Crippen LogP) is 6.82. The van der Waals surface area contributed by atoms with Crippen molar-refractivity contribution in [3.8, 4) is 0 Å². The van der Waals surface area contributed by atoms with Crippen LogP contribution in [0.15, 0.2) is 23.5 Å².